The van der Waals surface area contributed by atoms with E-state index in [4.69, 9.17) is 0 Å². The molecule has 0 radical (unpaired) electrons. The molecule has 31 heavy (non-hydrogen) atoms. The van der Waals surface area contributed by atoms with Crippen LogP contribution in [0.3, 0.4) is 0 Å². The zero-order valence-corrected chi connectivity index (χ0v) is 18.3. The predicted octanol–water partition coefficient (Wildman–Crippen LogP) is 3.63. The number of aliphatic hydroxyl groups excluding tert-OH is 1. The van der Waals surface area contributed by atoms with E-state index >= 15 is 4.39 Å². The van der Waals surface area contributed by atoms with Crippen molar-refractivity contribution in [2.45, 2.75) is 78.0 Å². The molecule has 0 bridgehead atoms. The van der Waals surface area contributed by atoms with E-state index in [2.05, 4.69) is 5.10 Å². The van der Waals surface area contributed by atoms with E-state index in [1.165, 1.54) is 17.1 Å². The van der Waals surface area contributed by atoms with Gasteiger partial charge in [0.25, 0.3) is 5.56 Å². The van der Waals surface area contributed by atoms with E-state index in [0.717, 1.165) is 35.9 Å². The minimum atomic E-state index is -0.687. The average molecular weight is 429 g/mol. The molecule has 7 nitrogen and oxygen atoms in total. The van der Waals surface area contributed by atoms with E-state index < -0.39 is 18.1 Å². The van der Waals surface area contributed by atoms with E-state index in [1.54, 1.807) is 17.6 Å². The lowest BCUT2D eigenvalue weighted by atomic mass is 9.93. The minimum absolute atomic E-state index is 0.0175. The van der Waals surface area contributed by atoms with Gasteiger partial charge in [-0.3, -0.25) is 9.36 Å². The zero-order chi connectivity index (χ0) is 22.3. The summed E-state index contributed by atoms with van der Waals surface area (Å²) >= 11 is 0. The third-order valence-electron chi connectivity index (χ3n) is 6.36. The molecule has 2 heterocycles. The molecule has 3 aromatic rings. The molecule has 1 saturated carbocycles. The van der Waals surface area contributed by atoms with Crippen LogP contribution in [0, 0.1) is 5.82 Å². The predicted molar refractivity (Wildman–Crippen MR) is 117 cm³/mol. The Morgan fingerprint density at radius 2 is 1.87 bits per heavy atom. The number of pyridine rings is 1. The quantitative estimate of drug-likeness (QED) is 0.673. The molecule has 4 rings (SSSR count). The van der Waals surface area contributed by atoms with E-state index in [0.29, 0.717) is 17.3 Å². The molecule has 0 spiro atoms. The van der Waals surface area contributed by atoms with Crippen LogP contribution in [0.1, 0.15) is 76.2 Å². The van der Waals surface area contributed by atoms with Crippen molar-refractivity contribution in [3.05, 3.63) is 56.4 Å². The first-order valence-electron chi connectivity index (χ1n) is 11.1. The molecule has 0 saturated heterocycles. The second-order valence-corrected chi connectivity index (χ2v) is 8.61. The molecule has 0 unspecified atom stereocenters. The molecule has 1 fully saturated rings. The molecule has 1 aliphatic rings. The van der Waals surface area contributed by atoms with Crippen LogP contribution >= 0.6 is 0 Å². The van der Waals surface area contributed by atoms with Crippen molar-refractivity contribution in [2.75, 3.05) is 0 Å². The number of halogens is 1. The molecule has 0 atom stereocenters. The molecule has 2 aromatic heterocycles. The van der Waals surface area contributed by atoms with Crippen LogP contribution in [0.2, 0.25) is 0 Å². The van der Waals surface area contributed by atoms with Crippen LogP contribution in [-0.2, 0) is 13.2 Å². The smallest absolute Gasteiger partial charge is 0.350 e. The van der Waals surface area contributed by atoms with Gasteiger partial charge in [-0.15, -0.1) is 5.10 Å². The zero-order valence-electron chi connectivity index (χ0n) is 18.3. The van der Waals surface area contributed by atoms with Crippen molar-refractivity contribution >= 4 is 10.8 Å². The largest absolute Gasteiger partial charge is 0.388 e. The fraction of sp³-hybridized carbons (Fsp3) is 0.522. The molecule has 1 aliphatic carbocycles. The maximum atomic E-state index is 15.2. The van der Waals surface area contributed by atoms with Crippen molar-refractivity contribution in [2.24, 2.45) is 0 Å². The van der Waals surface area contributed by atoms with Crippen LogP contribution in [0.5, 0.6) is 0 Å². The fourth-order valence-corrected chi connectivity index (χ4v) is 4.68. The summed E-state index contributed by atoms with van der Waals surface area (Å²) in [5.74, 6) is -0.411. The topological polar surface area (TPSA) is 82.0 Å². The SMILES string of the molecule is CCn1c(CO)nn(-c2cc3c(C(C)C)cn(C4CCCCC4)c(=O)c3cc2F)c1=O. The van der Waals surface area contributed by atoms with Gasteiger partial charge >= 0.3 is 5.69 Å². The summed E-state index contributed by atoms with van der Waals surface area (Å²) in [6.45, 7) is 5.72. The molecule has 1 aromatic carbocycles. The number of aromatic nitrogens is 4. The Hall–Kier alpha value is -2.74. The van der Waals surface area contributed by atoms with Gasteiger partial charge in [-0.25, -0.2) is 9.18 Å². The van der Waals surface area contributed by atoms with Gasteiger partial charge in [-0.2, -0.15) is 4.68 Å². The van der Waals surface area contributed by atoms with Gasteiger partial charge in [0, 0.05) is 18.8 Å². The van der Waals surface area contributed by atoms with Gasteiger partial charge in [0.15, 0.2) is 5.82 Å². The van der Waals surface area contributed by atoms with Crippen molar-refractivity contribution in [1.82, 2.24) is 18.9 Å². The van der Waals surface area contributed by atoms with E-state index in [9.17, 15) is 14.7 Å². The number of hydrogen-bond acceptors (Lipinski definition) is 4. The third kappa shape index (κ3) is 3.63. The molecule has 0 aliphatic heterocycles. The normalized spacial score (nSPS) is 15.3. The fourth-order valence-electron chi connectivity index (χ4n) is 4.68. The van der Waals surface area contributed by atoms with Crippen LogP contribution in [0.25, 0.3) is 16.5 Å². The van der Waals surface area contributed by atoms with Crippen molar-refractivity contribution in [1.29, 1.82) is 0 Å². The van der Waals surface area contributed by atoms with Gasteiger partial charge in [-0.1, -0.05) is 33.1 Å². The summed E-state index contributed by atoms with van der Waals surface area (Å²) in [6.07, 6.45) is 7.20. The lowest BCUT2D eigenvalue weighted by Crippen LogP contribution is -2.28. The summed E-state index contributed by atoms with van der Waals surface area (Å²) in [5.41, 5.74) is 0.202. The second-order valence-electron chi connectivity index (χ2n) is 8.61. The van der Waals surface area contributed by atoms with Crippen LogP contribution in [0.4, 0.5) is 4.39 Å². The number of rotatable bonds is 5. The molecular formula is C23H29FN4O3. The number of fused-ring (bicyclic) bond motifs is 1. The first-order valence-corrected chi connectivity index (χ1v) is 11.1. The summed E-state index contributed by atoms with van der Waals surface area (Å²) in [4.78, 5) is 26.0. The highest BCUT2D eigenvalue weighted by Gasteiger charge is 2.23. The number of aliphatic hydroxyl groups is 1. The lowest BCUT2D eigenvalue weighted by Gasteiger charge is -2.26. The monoisotopic (exact) mass is 428 g/mol. The summed E-state index contributed by atoms with van der Waals surface area (Å²) in [7, 11) is 0. The lowest BCUT2D eigenvalue weighted by molar-refractivity contribution is 0.264. The van der Waals surface area contributed by atoms with Crippen molar-refractivity contribution in [3.8, 4) is 5.69 Å². The van der Waals surface area contributed by atoms with E-state index in [-0.39, 0.29) is 29.0 Å². The highest BCUT2D eigenvalue weighted by Crippen LogP contribution is 2.31. The summed E-state index contributed by atoms with van der Waals surface area (Å²) in [6, 6.07) is 2.91. The number of nitrogens with zero attached hydrogens (tertiary/aromatic N) is 4. The highest BCUT2D eigenvalue weighted by atomic mass is 19.1. The van der Waals surface area contributed by atoms with Crippen molar-refractivity contribution in [3.63, 3.8) is 0 Å². The van der Waals surface area contributed by atoms with Gasteiger partial charge in [0.2, 0.25) is 0 Å². The van der Waals surface area contributed by atoms with Gasteiger partial charge in [0.1, 0.15) is 18.1 Å². The second kappa shape index (κ2) is 8.42. The average Bonchev–Trinajstić information content (AvgIpc) is 3.09. The Balaban J connectivity index is 1.97. The Morgan fingerprint density at radius 1 is 1.16 bits per heavy atom. The highest BCUT2D eigenvalue weighted by molar-refractivity contribution is 5.87. The summed E-state index contributed by atoms with van der Waals surface area (Å²) < 4.78 is 19.3. The van der Waals surface area contributed by atoms with Gasteiger partial charge in [-0.05, 0) is 48.8 Å². The standard InChI is InChI=1S/C23H29FN4O3/c1-4-26-21(13-29)25-28(23(26)31)20-11-16-17(10-19(20)24)22(30)27(12-18(16)14(2)3)15-8-6-5-7-9-15/h10-12,14-15,29H,4-9,13H2,1-3H3. The first kappa shape index (κ1) is 21.5. The van der Waals surface area contributed by atoms with Gasteiger partial charge < -0.3 is 9.67 Å². The molecule has 166 valence electrons. The maximum absolute atomic E-state index is 15.2. The maximum Gasteiger partial charge on any atom is 0.350 e. The molecule has 1 N–H and O–H groups in total. The molecule has 8 heteroatoms. The Morgan fingerprint density at radius 3 is 2.45 bits per heavy atom. The number of benzene rings is 1. The first-order chi connectivity index (χ1) is 14.9. The van der Waals surface area contributed by atoms with Crippen LogP contribution in [-0.4, -0.2) is 24.0 Å². The summed E-state index contributed by atoms with van der Waals surface area (Å²) in [5, 5.41) is 14.6. The Kier molecular flexibility index (Phi) is 5.83. The Labute approximate surface area is 179 Å². The van der Waals surface area contributed by atoms with Crippen LogP contribution < -0.4 is 11.2 Å². The molecular weight excluding hydrogens is 399 g/mol. The van der Waals surface area contributed by atoms with Gasteiger partial charge in [0.05, 0.1) is 5.39 Å². The Bertz CT molecular complexity index is 1230. The van der Waals surface area contributed by atoms with Crippen molar-refractivity contribution < 1.29 is 9.50 Å². The minimum Gasteiger partial charge on any atom is -0.388 e. The van der Waals surface area contributed by atoms with Crippen LogP contribution in [0.15, 0.2) is 27.9 Å². The number of hydrogen-bond donors (Lipinski definition) is 1. The van der Waals surface area contributed by atoms with E-state index in [1.807, 2.05) is 20.0 Å². The molecule has 0 amide bonds. The third-order valence-corrected chi connectivity index (χ3v) is 6.36.